The summed E-state index contributed by atoms with van der Waals surface area (Å²) in [4.78, 5) is 16.0. The van der Waals surface area contributed by atoms with Gasteiger partial charge in [-0.25, -0.2) is 9.78 Å². The molecule has 0 aliphatic rings. The van der Waals surface area contributed by atoms with Crippen LogP contribution in [0.15, 0.2) is 41.1 Å². The summed E-state index contributed by atoms with van der Waals surface area (Å²) in [6, 6.07) is 7.65. The number of hydrogen-bond acceptors (Lipinski definition) is 6. The molecular formula is C15H15BrN6O2. The van der Waals surface area contributed by atoms with E-state index in [2.05, 4.69) is 41.7 Å². The van der Waals surface area contributed by atoms with Crippen molar-refractivity contribution in [3.63, 3.8) is 0 Å². The lowest BCUT2D eigenvalue weighted by atomic mass is 10.3. The molecule has 3 aromatic rings. The van der Waals surface area contributed by atoms with Gasteiger partial charge in [-0.05, 0) is 38.1 Å². The van der Waals surface area contributed by atoms with Crippen molar-refractivity contribution >= 4 is 45.1 Å². The zero-order valence-corrected chi connectivity index (χ0v) is 14.6. The van der Waals surface area contributed by atoms with E-state index in [0.717, 1.165) is 10.2 Å². The molecule has 24 heavy (non-hydrogen) atoms. The van der Waals surface area contributed by atoms with E-state index < -0.39 is 6.09 Å². The van der Waals surface area contributed by atoms with E-state index in [0.29, 0.717) is 11.5 Å². The lowest BCUT2D eigenvalue weighted by molar-refractivity contribution is 0.129. The first-order valence-electron chi connectivity index (χ1n) is 7.23. The molecule has 0 atom stereocenters. The van der Waals surface area contributed by atoms with Gasteiger partial charge in [0.1, 0.15) is 0 Å². The number of hydrogen-bond donors (Lipinski definition) is 2. The molecule has 0 unspecified atom stereocenters. The van der Waals surface area contributed by atoms with Crippen molar-refractivity contribution in [2.75, 3.05) is 10.6 Å². The first-order chi connectivity index (χ1) is 11.5. The Labute approximate surface area is 146 Å². The SMILES string of the molecule is CC(C)OC(=O)Nc1nnc2c(Nc3ccc(Br)cc3)nccn12. The molecule has 0 fully saturated rings. The minimum Gasteiger partial charge on any atom is -0.447 e. The molecule has 1 amide bonds. The number of aromatic nitrogens is 4. The molecule has 0 aliphatic carbocycles. The number of nitrogens with zero attached hydrogens (tertiary/aromatic N) is 4. The minimum absolute atomic E-state index is 0.222. The van der Waals surface area contributed by atoms with Gasteiger partial charge in [-0.15, -0.1) is 10.2 Å². The molecule has 124 valence electrons. The normalized spacial score (nSPS) is 10.8. The molecule has 9 heteroatoms. The molecule has 2 aromatic heterocycles. The highest BCUT2D eigenvalue weighted by molar-refractivity contribution is 9.10. The van der Waals surface area contributed by atoms with Crippen LogP contribution >= 0.6 is 15.9 Å². The molecule has 0 saturated heterocycles. The summed E-state index contributed by atoms with van der Waals surface area (Å²) < 4.78 is 7.65. The zero-order valence-electron chi connectivity index (χ0n) is 13.0. The molecule has 2 N–H and O–H groups in total. The number of rotatable bonds is 4. The van der Waals surface area contributed by atoms with Crippen LogP contribution in [0.3, 0.4) is 0 Å². The second-order valence-electron chi connectivity index (χ2n) is 5.20. The number of nitrogens with one attached hydrogen (secondary N) is 2. The third-order valence-corrected chi connectivity index (χ3v) is 3.52. The second kappa shape index (κ2) is 6.83. The molecule has 0 spiro atoms. The van der Waals surface area contributed by atoms with Gasteiger partial charge in [0.15, 0.2) is 5.82 Å². The first kappa shape index (κ1) is 16.2. The van der Waals surface area contributed by atoms with Gasteiger partial charge in [-0.2, -0.15) is 0 Å². The number of carbonyl (C=O) groups is 1. The van der Waals surface area contributed by atoms with Crippen LogP contribution in [0.25, 0.3) is 5.65 Å². The molecule has 0 radical (unpaired) electrons. The number of fused-ring (bicyclic) bond motifs is 1. The molecule has 0 aliphatic heterocycles. The van der Waals surface area contributed by atoms with Crippen LogP contribution in [0, 0.1) is 0 Å². The Morgan fingerprint density at radius 1 is 1.25 bits per heavy atom. The Hall–Kier alpha value is -2.68. The van der Waals surface area contributed by atoms with Gasteiger partial charge in [0, 0.05) is 22.6 Å². The summed E-state index contributed by atoms with van der Waals surface area (Å²) in [5, 5.41) is 13.8. The van der Waals surface area contributed by atoms with Gasteiger partial charge in [-0.3, -0.25) is 9.72 Å². The van der Waals surface area contributed by atoms with Crippen LogP contribution in [0.1, 0.15) is 13.8 Å². The molecule has 2 heterocycles. The van der Waals surface area contributed by atoms with Crippen molar-refractivity contribution in [2.45, 2.75) is 20.0 Å². The predicted octanol–water partition coefficient (Wildman–Crippen LogP) is 3.59. The van der Waals surface area contributed by atoms with Crippen LogP contribution in [0.4, 0.5) is 22.2 Å². The van der Waals surface area contributed by atoms with Crippen molar-refractivity contribution in [3.8, 4) is 0 Å². The summed E-state index contributed by atoms with van der Waals surface area (Å²) >= 11 is 3.39. The van der Waals surface area contributed by atoms with Crippen LogP contribution < -0.4 is 10.6 Å². The van der Waals surface area contributed by atoms with Crippen molar-refractivity contribution in [2.24, 2.45) is 0 Å². The van der Waals surface area contributed by atoms with E-state index in [4.69, 9.17) is 4.74 Å². The molecule has 0 bridgehead atoms. The van der Waals surface area contributed by atoms with Crippen molar-refractivity contribution in [3.05, 3.63) is 41.1 Å². The highest BCUT2D eigenvalue weighted by Gasteiger charge is 2.14. The minimum atomic E-state index is -0.585. The third-order valence-electron chi connectivity index (χ3n) is 2.99. The van der Waals surface area contributed by atoms with E-state index >= 15 is 0 Å². The fourth-order valence-corrected chi connectivity index (χ4v) is 2.27. The van der Waals surface area contributed by atoms with E-state index in [1.807, 2.05) is 24.3 Å². The van der Waals surface area contributed by atoms with Crippen LogP contribution in [0.2, 0.25) is 0 Å². The van der Waals surface area contributed by atoms with E-state index in [-0.39, 0.29) is 12.1 Å². The van der Waals surface area contributed by atoms with E-state index in [1.165, 1.54) is 0 Å². The fraction of sp³-hybridized carbons (Fsp3) is 0.200. The largest absolute Gasteiger partial charge is 0.447 e. The molecular weight excluding hydrogens is 376 g/mol. The Bertz CT molecular complexity index is 862. The Morgan fingerprint density at radius 2 is 2.00 bits per heavy atom. The van der Waals surface area contributed by atoms with Crippen LogP contribution in [-0.2, 0) is 4.74 Å². The van der Waals surface area contributed by atoms with Gasteiger partial charge in [0.25, 0.3) is 0 Å². The number of benzene rings is 1. The average molecular weight is 391 g/mol. The molecule has 1 aromatic carbocycles. The summed E-state index contributed by atoms with van der Waals surface area (Å²) in [6.07, 6.45) is 2.45. The molecule has 8 nitrogen and oxygen atoms in total. The highest BCUT2D eigenvalue weighted by Crippen LogP contribution is 2.21. The topological polar surface area (TPSA) is 93.4 Å². The van der Waals surface area contributed by atoms with Crippen molar-refractivity contribution < 1.29 is 9.53 Å². The Morgan fingerprint density at radius 3 is 2.71 bits per heavy atom. The monoisotopic (exact) mass is 390 g/mol. The van der Waals surface area contributed by atoms with Crippen molar-refractivity contribution in [1.29, 1.82) is 0 Å². The lowest BCUT2D eigenvalue weighted by Gasteiger charge is -2.09. The Balaban J connectivity index is 1.86. The average Bonchev–Trinajstić information content (AvgIpc) is 2.93. The third kappa shape index (κ3) is 3.62. The lowest BCUT2D eigenvalue weighted by Crippen LogP contribution is -2.19. The van der Waals surface area contributed by atoms with E-state index in [9.17, 15) is 4.79 Å². The fourth-order valence-electron chi connectivity index (χ4n) is 2.00. The van der Waals surface area contributed by atoms with Crippen LogP contribution in [0.5, 0.6) is 0 Å². The quantitative estimate of drug-likeness (QED) is 0.706. The van der Waals surface area contributed by atoms with Gasteiger partial charge >= 0.3 is 6.09 Å². The highest BCUT2D eigenvalue weighted by atomic mass is 79.9. The van der Waals surface area contributed by atoms with Gasteiger partial charge in [0.05, 0.1) is 6.10 Å². The Kier molecular flexibility index (Phi) is 4.61. The second-order valence-corrected chi connectivity index (χ2v) is 6.12. The molecule has 3 rings (SSSR count). The number of anilines is 3. The van der Waals surface area contributed by atoms with Crippen LogP contribution in [-0.4, -0.2) is 31.8 Å². The van der Waals surface area contributed by atoms with Crippen molar-refractivity contribution in [1.82, 2.24) is 19.6 Å². The summed E-state index contributed by atoms with van der Waals surface area (Å²) in [6.45, 7) is 3.54. The number of ether oxygens (including phenoxy) is 1. The zero-order chi connectivity index (χ0) is 17.1. The number of amides is 1. The van der Waals surface area contributed by atoms with Gasteiger partial charge in [-0.1, -0.05) is 15.9 Å². The summed E-state index contributed by atoms with van der Waals surface area (Å²) in [5.74, 6) is 0.787. The standard InChI is InChI=1S/C15H15BrN6O2/c1-9(2)24-15(23)19-14-21-20-13-12(17-7-8-22(13)14)18-11-5-3-10(16)4-6-11/h3-9H,1-2H3,(H,17,18)(H,19,21,23). The summed E-state index contributed by atoms with van der Waals surface area (Å²) in [5.41, 5.74) is 1.34. The maximum atomic E-state index is 11.7. The number of carbonyl (C=O) groups excluding carboxylic acids is 1. The smallest absolute Gasteiger partial charge is 0.414 e. The first-order valence-corrected chi connectivity index (χ1v) is 8.02. The van der Waals surface area contributed by atoms with E-state index in [1.54, 1.807) is 30.6 Å². The van der Waals surface area contributed by atoms with Gasteiger partial charge in [0.2, 0.25) is 11.6 Å². The maximum absolute atomic E-state index is 11.7. The maximum Gasteiger partial charge on any atom is 0.414 e. The predicted molar refractivity (Wildman–Crippen MR) is 93.4 cm³/mol. The number of halogens is 1. The molecule has 0 saturated carbocycles. The summed E-state index contributed by atoms with van der Waals surface area (Å²) in [7, 11) is 0. The van der Waals surface area contributed by atoms with Gasteiger partial charge < -0.3 is 10.1 Å².